The van der Waals surface area contributed by atoms with Gasteiger partial charge in [-0.25, -0.2) is 4.39 Å². The first-order valence-electron chi connectivity index (χ1n) is 6.28. The highest BCUT2D eigenvalue weighted by molar-refractivity contribution is 5.82. The molecule has 1 aliphatic heterocycles. The largest absolute Gasteiger partial charge is 0.396 e. The molecule has 2 N–H and O–H groups in total. The van der Waals surface area contributed by atoms with Gasteiger partial charge in [0.05, 0.1) is 11.2 Å². The molecule has 0 aliphatic carbocycles. The normalized spacial score (nSPS) is 16.5. The molecular weight excluding hydrogens is 229 g/mol. The second kappa shape index (κ2) is 4.53. The molecular formula is C14H16FN3. The molecule has 3 nitrogen and oxygen atoms in total. The summed E-state index contributed by atoms with van der Waals surface area (Å²) in [5, 5.41) is 0.818. The minimum absolute atomic E-state index is 0.155. The van der Waals surface area contributed by atoms with Crippen LogP contribution in [0.4, 0.5) is 10.1 Å². The number of likely N-dealkylation sites (tertiary alicyclic amines) is 1. The standard InChI is InChI=1S/C14H16FN3/c15-12-6-11-5-10(9-18-3-1-2-4-18)8-17-14(11)7-13(12)16/h5-8H,1-4,9,16H2. The van der Waals surface area contributed by atoms with E-state index in [-0.39, 0.29) is 11.5 Å². The van der Waals surface area contributed by atoms with Gasteiger partial charge >= 0.3 is 0 Å². The monoisotopic (exact) mass is 245 g/mol. The predicted molar refractivity (Wildman–Crippen MR) is 70.6 cm³/mol. The summed E-state index contributed by atoms with van der Waals surface area (Å²) in [6.45, 7) is 3.19. The Balaban J connectivity index is 1.92. The number of benzene rings is 1. The van der Waals surface area contributed by atoms with Crippen molar-refractivity contribution in [2.45, 2.75) is 19.4 Å². The van der Waals surface area contributed by atoms with Crippen molar-refractivity contribution < 1.29 is 4.39 Å². The molecule has 1 saturated heterocycles. The third kappa shape index (κ3) is 2.16. The number of aromatic nitrogens is 1. The lowest BCUT2D eigenvalue weighted by molar-refractivity contribution is 0.331. The first kappa shape index (κ1) is 11.4. The van der Waals surface area contributed by atoms with Crippen LogP contribution in [0.15, 0.2) is 24.4 Å². The molecule has 2 heterocycles. The van der Waals surface area contributed by atoms with Gasteiger partial charge in [-0.05, 0) is 49.7 Å². The fraction of sp³-hybridized carbons (Fsp3) is 0.357. The fourth-order valence-corrected chi connectivity index (χ4v) is 2.50. The summed E-state index contributed by atoms with van der Waals surface area (Å²) in [5.74, 6) is -0.373. The third-order valence-corrected chi connectivity index (χ3v) is 3.46. The molecule has 0 unspecified atom stereocenters. The van der Waals surface area contributed by atoms with Gasteiger partial charge in [0.2, 0.25) is 0 Å². The van der Waals surface area contributed by atoms with Crippen LogP contribution in [0, 0.1) is 5.82 Å². The van der Waals surface area contributed by atoms with Crippen LogP contribution in [0.3, 0.4) is 0 Å². The number of fused-ring (bicyclic) bond motifs is 1. The van der Waals surface area contributed by atoms with E-state index < -0.39 is 0 Å². The van der Waals surface area contributed by atoms with Crippen LogP contribution in [-0.4, -0.2) is 23.0 Å². The molecule has 4 heteroatoms. The minimum atomic E-state index is -0.373. The average Bonchev–Trinajstić information content (AvgIpc) is 2.84. The lowest BCUT2D eigenvalue weighted by Gasteiger charge is -2.14. The summed E-state index contributed by atoms with van der Waals surface area (Å²) < 4.78 is 13.4. The molecule has 1 aromatic carbocycles. The fourth-order valence-electron chi connectivity index (χ4n) is 2.50. The molecule has 1 aromatic heterocycles. The molecule has 0 spiro atoms. The predicted octanol–water partition coefficient (Wildman–Crippen LogP) is 2.55. The van der Waals surface area contributed by atoms with E-state index in [1.54, 1.807) is 6.07 Å². The number of halogens is 1. The van der Waals surface area contributed by atoms with Crippen LogP contribution in [0.25, 0.3) is 10.9 Å². The van der Waals surface area contributed by atoms with Gasteiger partial charge in [-0.2, -0.15) is 0 Å². The zero-order chi connectivity index (χ0) is 12.5. The third-order valence-electron chi connectivity index (χ3n) is 3.46. The number of pyridine rings is 1. The van der Waals surface area contributed by atoms with E-state index in [0.717, 1.165) is 36.1 Å². The van der Waals surface area contributed by atoms with E-state index in [1.165, 1.54) is 18.9 Å². The van der Waals surface area contributed by atoms with Crippen molar-refractivity contribution in [2.75, 3.05) is 18.8 Å². The summed E-state index contributed by atoms with van der Waals surface area (Å²) >= 11 is 0. The number of anilines is 1. The second-order valence-corrected chi connectivity index (χ2v) is 4.89. The molecule has 18 heavy (non-hydrogen) atoms. The average molecular weight is 245 g/mol. The van der Waals surface area contributed by atoms with Crippen molar-refractivity contribution in [3.63, 3.8) is 0 Å². The van der Waals surface area contributed by atoms with E-state index in [4.69, 9.17) is 5.73 Å². The van der Waals surface area contributed by atoms with Crippen molar-refractivity contribution in [2.24, 2.45) is 0 Å². The van der Waals surface area contributed by atoms with Gasteiger partial charge in [-0.1, -0.05) is 0 Å². The molecule has 2 aromatic rings. The van der Waals surface area contributed by atoms with Crippen LogP contribution >= 0.6 is 0 Å². The topological polar surface area (TPSA) is 42.1 Å². The van der Waals surface area contributed by atoms with Crippen molar-refractivity contribution in [3.8, 4) is 0 Å². The SMILES string of the molecule is Nc1cc2ncc(CN3CCCC3)cc2cc1F. The van der Waals surface area contributed by atoms with Gasteiger partial charge in [0.25, 0.3) is 0 Å². The first-order chi connectivity index (χ1) is 8.72. The van der Waals surface area contributed by atoms with Crippen molar-refractivity contribution in [3.05, 3.63) is 35.8 Å². The molecule has 94 valence electrons. The smallest absolute Gasteiger partial charge is 0.146 e. The highest BCUT2D eigenvalue weighted by Gasteiger charge is 2.12. The Hall–Kier alpha value is -1.68. The van der Waals surface area contributed by atoms with Crippen LogP contribution in [-0.2, 0) is 6.54 Å². The van der Waals surface area contributed by atoms with Gasteiger partial charge in [0.1, 0.15) is 5.82 Å². The summed E-state index contributed by atoms with van der Waals surface area (Å²) in [5.41, 5.74) is 7.57. The lowest BCUT2D eigenvalue weighted by Crippen LogP contribution is -2.18. The van der Waals surface area contributed by atoms with E-state index in [9.17, 15) is 4.39 Å². The highest BCUT2D eigenvalue weighted by atomic mass is 19.1. The van der Waals surface area contributed by atoms with Crippen molar-refractivity contribution in [1.29, 1.82) is 0 Å². The van der Waals surface area contributed by atoms with E-state index >= 15 is 0 Å². The number of nitrogens with zero attached hydrogens (tertiary/aromatic N) is 2. The molecule has 1 fully saturated rings. The number of rotatable bonds is 2. The molecule has 1 aliphatic rings. The molecule has 0 saturated carbocycles. The molecule has 0 radical (unpaired) electrons. The van der Waals surface area contributed by atoms with Gasteiger partial charge in [-0.3, -0.25) is 9.88 Å². The van der Waals surface area contributed by atoms with Gasteiger partial charge in [0.15, 0.2) is 0 Å². The quantitative estimate of drug-likeness (QED) is 0.827. The first-order valence-corrected chi connectivity index (χ1v) is 6.28. The Kier molecular flexibility index (Phi) is 2.88. The number of hydrogen-bond acceptors (Lipinski definition) is 3. The maximum absolute atomic E-state index is 13.4. The number of nitrogens with two attached hydrogens (primary N) is 1. The Labute approximate surface area is 105 Å². The number of nitrogen functional groups attached to an aromatic ring is 1. The Bertz CT molecular complexity index is 577. The summed E-state index contributed by atoms with van der Waals surface area (Å²) in [7, 11) is 0. The van der Waals surface area contributed by atoms with E-state index in [2.05, 4.69) is 9.88 Å². The number of hydrogen-bond donors (Lipinski definition) is 1. The van der Waals surface area contributed by atoms with Crippen molar-refractivity contribution >= 4 is 16.6 Å². The molecule has 0 bridgehead atoms. The summed E-state index contributed by atoms with van der Waals surface area (Å²) in [4.78, 5) is 6.75. The lowest BCUT2D eigenvalue weighted by atomic mass is 10.1. The maximum atomic E-state index is 13.4. The van der Waals surface area contributed by atoms with E-state index in [0.29, 0.717) is 0 Å². The highest BCUT2D eigenvalue weighted by Crippen LogP contribution is 2.21. The molecule has 0 atom stereocenters. The summed E-state index contributed by atoms with van der Waals surface area (Å²) in [6, 6.07) is 5.05. The Morgan fingerprint density at radius 3 is 2.78 bits per heavy atom. The van der Waals surface area contributed by atoms with Crippen LogP contribution < -0.4 is 5.73 Å². The Morgan fingerprint density at radius 1 is 1.22 bits per heavy atom. The van der Waals surface area contributed by atoms with Crippen LogP contribution in [0.1, 0.15) is 18.4 Å². The Morgan fingerprint density at radius 2 is 2.00 bits per heavy atom. The maximum Gasteiger partial charge on any atom is 0.146 e. The van der Waals surface area contributed by atoms with Crippen LogP contribution in [0.5, 0.6) is 0 Å². The van der Waals surface area contributed by atoms with Gasteiger partial charge in [-0.15, -0.1) is 0 Å². The zero-order valence-corrected chi connectivity index (χ0v) is 10.2. The zero-order valence-electron chi connectivity index (χ0n) is 10.2. The molecule has 0 amide bonds. The minimum Gasteiger partial charge on any atom is -0.396 e. The van der Waals surface area contributed by atoms with Crippen LogP contribution in [0.2, 0.25) is 0 Å². The second-order valence-electron chi connectivity index (χ2n) is 4.89. The van der Waals surface area contributed by atoms with Gasteiger partial charge < -0.3 is 5.73 Å². The van der Waals surface area contributed by atoms with Gasteiger partial charge in [0, 0.05) is 18.1 Å². The van der Waals surface area contributed by atoms with Crippen molar-refractivity contribution in [1.82, 2.24) is 9.88 Å². The molecule has 3 rings (SSSR count). The van der Waals surface area contributed by atoms with E-state index in [1.807, 2.05) is 12.3 Å². The summed E-state index contributed by atoms with van der Waals surface area (Å²) in [6.07, 6.45) is 4.40.